The summed E-state index contributed by atoms with van der Waals surface area (Å²) in [5.41, 5.74) is 5.22. The number of aromatic nitrogens is 3. The van der Waals surface area contributed by atoms with Gasteiger partial charge in [-0.05, 0) is 48.4 Å². The molecule has 5 aromatic rings. The first-order valence-electron chi connectivity index (χ1n) is 10.0. The largest absolute Gasteiger partial charge is 0.497 e. The lowest BCUT2D eigenvalue weighted by atomic mass is 10.1. The van der Waals surface area contributed by atoms with Gasteiger partial charge in [-0.1, -0.05) is 54.2 Å². The molecule has 0 saturated heterocycles. The van der Waals surface area contributed by atoms with Crippen molar-refractivity contribution >= 4 is 33.7 Å². The number of aromatic amines is 1. The SMILES string of the molecule is COc1ccc(-n2c(SCc3ccccc3C)nc3c([nH]c4ccccc43)c2=O)cc1. The van der Waals surface area contributed by atoms with Crippen molar-refractivity contribution in [1.29, 1.82) is 0 Å². The van der Waals surface area contributed by atoms with Gasteiger partial charge < -0.3 is 9.72 Å². The van der Waals surface area contributed by atoms with Crippen LogP contribution < -0.4 is 10.3 Å². The van der Waals surface area contributed by atoms with Crippen molar-refractivity contribution in [2.45, 2.75) is 17.8 Å². The molecule has 31 heavy (non-hydrogen) atoms. The van der Waals surface area contributed by atoms with Crippen molar-refractivity contribution < 1.29 is 4.74 Å². The Morgan fingerprint density at radius 1 is 1.00 bits per heavy atom. The fourth-order valence-corrected chi connectivity index (χ4v) is 4.79. The highest BCUT2D eigenvalue weighted by atomic mass is 32.2. The number of benzene rings is 3. The Kier molecular flexibility index (Phi) is 5.00. The van der Waals surface area contributed by atoms with E-state index in [4.69, 9.17) is 9.72 Å². The fraction of sp³-hybridized carbons (Fsp3) is 0.120. The Bertz CT molecular complexity index is 1450. The molecule has 2 aromatic heterocycles. The molecule has 0 fully saturated rings. The van der Waals surface area contributed by atoms with Gasteiger partial charge in [0.15, 0.2) is 5.16 Å². The molecule has 0 atom stereocenters. The van der Waals surface area contributed by atoms with Crippen molar-refractivity contribution in [2.24, 2.45) is 0 Å². The summed E-state index contributed by atoms with van der Waals surface area (Å²) in [7, 11) is 1.63. The van der Waals surface area contributed by atoms with Gasteiger partial charge >= 0.3 is 0 Å². The van der Waals surface area contributed by atoms with Crippen LogP contribution in [0.3, 0.4) is 0 Å². The number of nitrogens with zero attached hydrogens (tertiary/aromatic N) is 2. The van der Waals surface area contributed by atoms with Crippen LogP contribution in [0.15, 0.2) is 82.7 Å². The van der Waals surface area contributed by atoms with Gasteiger partial charge in [-0.3, -0.25) is 9.36 Å². The van der Waals surface area contributed by atoms with Gasteiger partial charge in [-0.15, -0.1) is 0 Å². The molecular weight excluding hydrogens is 406 g/mol. The normalized spacial score (nSPS) is 11.3. The van der Waals surface area contributed by atoms with E-state index < -0.39 is 0 Å². The highest BCUT2D eigenvalue weighted by Gasteiger charge is 2.17. The molecule has 6 heteroatoms. The Morgan fingerprint density at radius 3 is 2.52 bits per heavy atom. The number of fused-ring (bicyclic) bond motifs is 3. The molecule has 5 rings (SSSR count). The summed E-state index contributed by atoms with van der Waals surface area (Å²) in [4.78, 5) is 21.8. The standard InChI is InChI=1S/C25H21N3O2S/c1-16-7-3-4-8-17(16)15-31-25-27-22-20-9-5-6-10-21(20)26-23(22)24(29)28(25)18-11-13-19(30-2)14-12-18/h3-14,26H,15H2,1-2H3. The zero-order chi connectivity index (χ0) is 21.4. The number of thioether (sulfide) groups is 1. The lowest BCUT2D eigenvalue weighted by Crippen LogP contribution is -2.21. The second-order valence-electron chi connectivity index (χ2n) is 7.34. The van der Waals surface area contributed by atoms with E-state index in [1.807, 2.05) is 60.7 Å². The van der Waals surface area contributed by atoms with Gasteiger partial charge in [0, 0.05) is 16.7 Å². The van der Waals surface area contributed by atoms with E-state index in [9.17, 15) is 4.79 Å². The zero-order valence-electron chi connectivity index (χ0n) is 17.3. The Labute approximate surface area is 183 Å². The number of hydrogen-bond acceptors (Lipinski definition) is 4. The molecule has 0 aliphatic heterocycles. The first-order chi connectivity index (χ1) is 15.2. The molecule has 3 aromatic carbocycles. The Balaban J connectivity index is 1.70. The first kappa shape index (κ1) is 19.5. The van der Waals surface area contributed by atoms with Crippen molar-refractivity contribution in [3.63, 3.8) is 0 Å². The number of para-hydroxylation sites is 1. The summed E-state index contributed by atoms with van der Waals surface area (Å²) >= 11 is 1.57. The molecule has 0 bridgehead atoms. The quantitative estimate of drug-likeness (QED) is 0.298. The van der Waals surface area contributed by atoms with Crippen LogP contribution >= 0.6 is 11.8 Å². The van der Waals surface area contributed by atoms with Crippen molar-refractivity contribution in [3.8, 4) is 11.4 Å². The third-order valence-corrected chi connectivity index (χ3v) is 6.43. The number of nitrogens with one attached hydrogen (secondary N) is 1. The molecule has 0 radical (unpaired) electrons. The highest BCUT2D eigenvalue weighted by Crippen LogP contribution is 2.29. The van der Waals surface area contributed by atoms with Gasteiger partial charge in [-0.2, -0.15) is 0 Å². The van der Waals surface area contributed by atoms with Crippen LogP contribution in [0.4, 0.5) is 0 Å². The van der Waals surface area contributed by atoms with Crippen LogP contribution in [0.5, 0.6) is 5.75 Å². The van der Waals surface area contributed by atoms with E-state index in [1.54, 1.807) is 23.4 Å². The lowest BCUT2D eigenvalue weighted by Gasteiger charge is -2.13. The minimum atomic E-state index is -0.112. The van der Waals surface area contributed by atoms with Crippen LogP contribution in [-0.2, 0) is 5.75 Å². The van der Waals surface area contributed by atoms with Gasteiger partial charge in [0.05, 0.1) is 12.8 Å². The second kappa shape index (κ2) is 7.96. The maximum Gasteiger partial charge on any atom is 0.283 e. The van der Waals surface area contributed by atoms with Crippen molar-refractivity contribution in [3.05, 3.63) is 94.3 Å². The summed E-state index contributed by atoms with van der Waals surface area (Å²) in [5.74, 6) is 1.47. The number of aryl methyl sites for hydroxylation is 1. The molecule has 0 spiro atoms. The molecule has 0 saturated carbocycles. The highest BCUT2D eigenvalue weighted by molar-refractivity contribution is 7.98. The molecule has 2 heterocycles. The molecule has 1 N–H and O–H groups in total. The maximum absolute atomic E-state index is 13.6. The summed E-state index contributed by atoms with van der Waals surface area (Å²) in [5, 5.41) is 1.62. The number of hydrogen-bond donors (Lipinski definition) is 1. The zero-order valence-corrected chi connectivity index (χ0v) is 18.1. The van der Waals surface area contributed by atoms with E-state index in [0.29, 0.717) is 16.2 Å². The van der Waals surface area contributed by atoms with Gasteiger partial charge in [0.2, 0.25) is 0 Å². The predicted octanol–water partition coefficient (Wildman–Crippen LogP) is 5.48. The van der Waals surface area contributed by atoms with E-state index in [1.165, 1.54) is 11.1 Å². The predicted molar refractivity (Wildman–Crippen MR) is 126 cm³/mol. The fourth-order valence-electron chi connectivity index (χ4n) is 3.71. The van der Waals surface area contributed by atoms with E-state index in [2.05, 4.69) is 24.0 Å². The number of methoxy groups -OCH3 is 1. The monoisotopic (exact) mass is 427 g/mol. The topological polar surface area (TPSA) is 59.9 Å². The van der Waals surface area contributed by atoms with Crippen molar-refractivity contribution in [1.82, 2.24) is 14.5 Å². The number of rotatable bonds is 5. The van der Waals surface area contributed by atoms with Crippen LogP contribution in [0.25, 0.3) is 27.6 Å². The average Bonchev–Trinajstić information content (AvgIpc) is 3.18. The van der Waals surface area contributed by atoms with Gasteiger partial charge in [0.1, 0.15) is 16.8 Å². The minimum absolute atomic E-state index is 0.112. The number of H-pyrrole nitrogens is 1. The molecular formula is C25H21N3O2S. The van der Waals surface area contributed by atoms with E-state index in [-0.39, 0.29) is 5.56 Å². The molecule has 0 aliphatic carbocycles. The van der Waals surface area contributed by atoms with Gasteiger partial charge in [-0.25, -0.2) is 4.98 Å². The average molecular weight is 428 g/mol. The maximum atomic E-state index is 13.6. The lowest BCUT2D eigenvalue weighted by molar-refractivity contribution is 0.414. The Hall–Kier alpha value is -3.51. The number of ether oxygens (including phenoxy) is 1. The third-order valence-electron chi connectivity index (χ3n) is 5.44. The smallest absolute Gasteiger partial charge is 0.283 e. The summed E-state index contributed by atoms with van der Waals surface area (Å²) in [6, 6.07) is 23.6. The van der Waals surface area contributed by atoms with Crippen LogP contribution in [0, 0.1) is 6.92 Å². The van der Waals surface area contributed by atoms with Gasteiger partial charge in [0.25, 0.3) is 5.56 Å². The van der Waals surface area contributed by atoms with E-state index >= 15 is 0 Å². The third kappa shape index (κ3) is 3.49. The minimum Gasteiger partial charge on any atom is -0.497 e. The van der Waals surface area contributed by atoms with Crippen molar-refractivity contribution in [2.75, 3.05) is 7.11 Å². The molecule has 5 nitrogen and oxygen atoms in total. The summed E-state index contributed by atoms with van der Waals surface area (Å²) < 4.78 is 6.96. The van der Waals surface area contributed by atoms with E-state index in [0.717, 1.165) is 28.1 Å². The van der Waals surface area contributed by atoms with Crippen LogP contribution in [0.1, 0.15) is 11.1 Å². The Morgan fingerprint density at radius 2 is 1.74 bits per heavy atom. The molecule has 154 valence electrons. The second-order valence-corrected chi connectivity index (χ2v) is 8.28. The van der Waals surface area contributed by atoms with Crippen LogP contribution in [-0.4, -0.2) is 21.6 Å². The summed E-state index contributed by atoms with van der Waals surface area (Å²) in [6.45, 7) is 2.10. The van der Waals surface area contributed by atoms with Crippen LogP contribution in [0.2, 0.25) is 0 Å². The molecule has 0 amide bonds. The molecule has 0 aliphatic rings. The molecule has 0 unspecified atom stereocenters. The first-order valence-corrected chi connectivity index (χ1v) is 11.0. The summed E-state index contributed by atoms with van der Waals surface area (Å²) in [6.07, 6.45) is 0.